The lowest BCUT2D eigenvalue weighted by atomic mass is 9.86. The Morgan fingerprint density at radius 2 is 2.07 bits per heavy atom. The van der Waals surface area contributed by atoms with Gasteiger partial charge in [-0.3, -0.25) is 4.79 Å². The van der Waals surface area contributed by atoms with Crippen molar-refractivity contribution in [2.24, 2.45) is 0 Å². The van der Waals surface area contributed by atoms with Crippen LogP contribution in [-0.2, 0) is 10.2 Å². The maximum Gasteiger partial charge on any atom is 0.304 e. The van der Waals surface area contributed by atoms with Gasteiger partial charge in [-0.25, -0.2) is 9.97 Å². The van der Waals surface area contributed by atoms with Crippen LogP contribution in [0.2, 0.25) is 0 Å². The lowest BCUT2D eigenvalue weighted by molar-refractivity contribution is -0.138. The molecule has 0 unspecified atom stereocenters. The van der Waals surface area contributed by atoms with Crippen molar-refractivity contribution in [1.29, 1.82) is 0 Å². The number of ether oxygens (including phenoxy) is 1. The molecule has 0 aliphatic heterocycles. The Kier molecular flexibility index (Phi) is 5.76. The molecule has 2 aromatic heterocycles. The summed E-state index contributed by atoms with van der Waals surface area (Å²) >= 11 is 4.80. The van der Waals surface area contributed by atoms with Gasteiger partial charge >= 0.3 is 5.97 Å². The summed E-state index contributed by atoms with van der Waals surface area (Å²) in [4.78, 5) is 20.0. The third kappa shape index (κ3) is 5.05. The van der Waals surface area contributed by atoms with Crippen LogP contribution in [0.15, 0.2) is 52.4 Å². The molecule has 140 valence electrons. The first-order valence-electron chi connectivity index (χ1n) is 8.17. The molecule has 0 amide bonds. The van der Waals surface area contributed by atoms with E-state index in [2.05, 4.69) is 31.2 Å². The van der Waals surface area contributed by atoms with Crippen molar-refractivity contribution in [3.8, 4) is 11.5 Å². The van der Waals surface area contributed by atoms with Crippen molar-refractivity contribution in [3.05, 3.63) is 58.1 Å². The van der Waals surface area contributed by atoms with E-state index in [-0.39, 0.29) is 6.42 Å². The smallest absolute Gasteiger partial charge is 0.304 e. The second kappa shape index (κ2) is 8.06. The third-order valence-electron chi connectivity index (χ3n) is 3.81. The molecule has 0 radical (unpaired) electrons. The van der Waals surface area contributed by atoms with E-state index in [0.717, 1.165) is 10.2 Å². The van der Waals surface area contributed by atoms with Gasteiger partial charge in [-0.05, 0) is 28.1 Å². The number of thiazole rings is 1. The SMILES string of the molecule is CC(C)(CC(=O)O)c1csc(Nc2ncc(Br)cc2Oc2ccccc2)n1. The van der Waals surface area contributed by atoms with Gasteiger partial charge in [0.2, 0.25) is 0 Å². The molecule has 3 rings (SSSR count). The van der Waals surface area contributed by atoms with Gasteiger partial charge in [-0.2, -0.15) is 0 Å². The standard InChI is InChI=1S/C19H18BrN3O3S/c1-19(2,9-16(24)25)15-11-27-18(22-15)23-17-14(8-12(20)10-21-17)26-13-6-4-3-5-7-13/h3-8,10-11H,9H2,1-2H3,(H,24,25)(H,21,22,23). The summed E-state index contributed by atoms with van der Waals surface area (Å²) < 4.78 is 6.73. The Bertz CT molecular complexity index is 944. The maximum absolute atomic E-state index is 11.1. The molecule has 0 atom stereocenters. The van der Waals surface area contributed by atoms with Crippen molar-refractivity contribution < 1.29 is 14.6 Å². The molecule has 0 aliphatic rings. The molecule has 0 saturated heterocycles. The van der Waals surface area contributed by atoms with E-state index in [0.29, 0.717) is 22.4 Å². The highest BCUT2D eigenvalue weighted by atomic mass is 79.9. The predicted octanol–water partition coefficient (Wildman–Crippen LogP) is 5.59. The number of carboxylic acids is 1. The van der Waals surface area contributed by atoms with E-state index < -0.39 is 11.4 Å². The summed E-state index contributed by atoms with van der Waals surface area (Å²) in [5, 5.41) is 14.7. The minimum Gasteiger partial charge on any atom is -0.481 e. The molecule has 0 spiro atoms. The monoisotopic (exact) mass is 447 g/mol. The largest absolute Gasteiger partial charge is 0.481 e. The maximum atomic E-state index is 11.1. The highest BCUT2D eigenvalue weighted by Gasteiger charge is 2.27. The normalized spacial score (nSPS) is 11.2. The van der Waals surface area contributed by atoms with Gasteiger partial charge < -0.3 is 15.2 Å². The van der Waals surface area contributed by atoms with Crippen molar-refractivity contribution in [1.82, 2.24) is 9.97 Å². The number of pyridine rings is 1. The van der Waals surface area contributed by atoms with Gasteiger partial charge in [0.25, 0.3) is 0 Å². The van der Waals surface area contributed by atoms with Crippen molar-refractivity contribution in [2.75, 3.05) is 5.32 Å². The molecule has 2 heterocycles. The van der Waals surface area contributed by atoms with E-state index >= 15 is 0 Å². The summed E-state index contributed by atoms with van der Waals surface area (Å²) in [6.45, 7) is 3.73. The summed E-state index contributed by atoms with van der Waals surface area (Å²) in [6, 6.07) is 11.3. The Hall–Kier alpha value is -2.45. The van der Waals surface area contributed by atoms with E-state index in [1.54, 1.807) is 6.20 Å². The molecule has 27 heavy (non-hydrogen) atoms. The molecule has 0 bridgehead atoms. The second-order valence-corrected chi connectivity index (χ2v) is 8.31. The quantitative estimate of drug-likeness (QED) is 0.490. The van der Waals surface area contributed by atoms with Gasteiger partial charge in [-0.1, -0.05) is 32.0 Å². The number of nitrogens with one attached hydrogen (secondary N) is 1. The van der Waals surface area contributed by atoms with E-state index in [4.69, 9.17) is 9.84 Å². The first-order valence-corrected chi connectivity index (χ1v) is 9.84. The highest BCUT2D eigenvalue weighted by Crippen LogP contribution is 2.35. The van der Waals surface area contributed by atoms with Crippen LogP contribution >= 0.6 is 27.3 Å². The summed E-state index contributed by atoms with van der Waals surface area (Å²) in [5.41, 5.74) is 0.165. The Morgan fingerprint density at radius 3 is 2.78 bits per heavy atom. The lowest BCUT2D eigenvalue weighted by Gasteiger charge is -2.19. The average Bonchev–Trinajstić information content (AvgIpc) is 3.07. The summed E-state index contributed by atoms with van der Waals surface area (Å²) in [6.07, 6.45) is 1.68. The van der Waals surface area contributed by atoms with Gasteiger partial charge in [0.05, 0.1) is 12.1 Å². The van der Waals surface area contributed by atoms with Gasteiger partial charge in [0.15, 0.2) is 16.7 Å². The highest BCUT2D eigenvalue weighted by molar-refractivity contribution is 9.10. The fourth-order valence-electron chi connectivity index (χ4n) is 2.42. The number of hydrogen-bond acceptors (Lipinski definition) is 6. The minimum absolute atomic E-state index is 0.00900. The average molecular weight is 448 g/mol. The van der Waals surface area contributed by atoms with E-state index in [1.165, 1.54) is 11.3 Å². The first-order chi connectivity index (χ1) is 12.8. The molecule has 6 nitrogen and oxygen atoms in total. The van der Waals surface area contributed by atoms with Crippen LogP contribution in [0, 0.1) is 0 Å². The number of halogens is 1. The molecule has 0 saturated carbocycles. The van der Waals surface area contributed by atoms with Crippen LogP contribution in [-0.4, -0.2) is 21.0 Å². The van der Waals surface area contributed by atoms with Gasteiger partial charge in [-0.15, -0.1) is 11.3 Å². The van der Waals surface area contributed by atoms with Crippen molar-refractivity contribution in [2.45, 2.75) is 25.7 Å². The Labute approximate surface area is 169 Å². The van der Waals surface area contributed by atoms with E-state index in [1.807, 2.05) is 55.6 Å². The first kappa shape index (κ1) is 19.3. The molecule has 8 heteroatoms. The number of rotatable bonds is 7. The fraction of sp³-hybridized carbons (Fsp3) is 0.211. The lowest BCUT2D eigenvalue weighted by Crippen LogP contribution is -2.22. The number of para-hydroxylation sites is 1. The number of benzene rings is 1. The number of hydrogen-bond donors (Lipinski definition) is 2. The third-order valence-corrected chi connectivity index (χ3v) is 5.00. The Morgan fingerprint density at radius 1 is 1.33 bits per heavy atom. The number of carboxylic acid groups (broad SMARTS) is 1. The molecule has 0 fully saturated rings. The van der Waals surface area contributed by atoms with Crippen LogP contribution in [0.1, 0.15) is 26.0 Å². The number of nitrogens with zero attached hydrogens (tertiary/aromatic N) is 2. The van der Waals surface area contributed by atoms with Crippen LogP contribution in [0.25, 0.3) is 0 Å². The van der Waals surface area contributed by atoms with Crippen LogP contribution in [0.3, 0.4) is 0 Å². The van der Waals surface area contributed by atoms with Gasteiger partial charge in [0.1, 0.15) is 5.75 Å². The minimum atomic E-state index is -0.851. The van der Waals surface area contributed by atoms with Crippen LogP contribution in [0.5, 0.6) is 11.5 Å². The molecular formula is C19H18BrN3O3S. The zero-order chi connectivity index (χ0) is 19.4. The van der Waals surface area contributed by atoms with E-state index in [9.17, 15) is 4.79 Å². The summed E-state index contributed by atoms with van der Waals surface area (Å²) in [5.74, 6) is 0.926. The zero-order valence-electron chi connectivity index (χ0n) is 14.8. The molecule has 1 aromatic carbocycles. The van der Waals surface area contributed by atoms with Gasteiger partial charge in [0, 0.05) is 27.5 Å². The second-order valence-electron chi connectivity index (χ2n) is 6.53. The predicted molar refractivity (Wildman–Crippen MR) is 109 cm³/mol. The Balaban J connectivity index is 1.83. The summed E-state index contributed by atoms with van der Waals surface area (Å²) in [7, 11) is 0. The molecule has 0 aliphatic carbocycles. The molecular weight excluding hydrogens is 430 g/mol. The molecule has 3 aromatic rings. The number of carbonyl (C=O) groups is 1. The molecule has 2 N–H and O–H groups in total. The number of aromatic nitrogens is 2. The van der Waals surface area contributed by atoms with Crippen molar-refractivity contribution >= 4 is 44.2 Å². The number of anilines is 2. The topological polar surface area (TPSA) is 84.3 Å². The zero-order valence-corrected chi connectivity index (χ0v) is 17.2. The fourth-order valence-corrected chi connectivity index (χ4v) is 3.63. The van der Waals surface area contributed by atoms with Crippen LogP contribution in [0.4, 0.5) is 10.9 Å². The van der Waals surface area contributed by atoms with Crippen LogP contribution < -0.4 is 10.1 Å². The number of aliphatic carboxylic acids is 1. The van der Waals surface area contributed by atoms with Crippen molar-refractivity contribution in [3.63, 3.8) is 0 Å².